The maximum Gasteiger partial charge on any atom is 0.123 e. The fourth-order valence-corrected chi connectivity index (χ4v) is 5.99. The summed E-state index contributed by atoms with van der Waals surface area (Å²) in [5.41, 5.74) is 3.87. The van der Waals surface area contributed by atoms with Gasteiger partial charge in [0, 0.05) is 62.8 Å². The molecule has 6 heteroatoms. The van der Waals surface area contributed by atoms with Crippen molar-refractivity contribution in [2.24, 2.45) is 0 Å². The molecule has 0 aromatic heterocycles. The Morgan fingerprint density at radius 3 is 2.42 bits per heavy atom. The molecule has 0 amide bonds. The van der Waals surface area contributed by atoms with E-state index in [9.17, 15) is 4.39 Å². The molecule has 0 radical (unpaired) electrons. The van der Waals surface area contributed by atoms with E-state index in [2.05, 4.69) is 26.8 Å². The Kier molecular flexibility index (Phi) is 6.29. The van der Waals surface area contributed by atoms with E-state index in [1.165, 1.54) is 23.1 Å². The summed E-state index contributed by atoms with van der Waals surface area (Å²) in [6.45, 7) is 7.60. The average molecular weight is 458 g/mol. The molecule has 3 nitrogen and oxygen atoms in total. The molecule has 3 aliphatic rings. The fraction of sp³-hybridized carbons (Fsp3) is 0.480. The highest BCUT2D eigenvalue weighted by molar-refractivity contribution is 7.80. The highest BCUT2D eigenvalue weighted by Crippen LogP contribution is 2.47. The summed E-state index contributed by atoms with van der Waals surface area (Å²) in [6.07, 6.45) is 3.33. The maximum atomic E-state index is 13.5. The zero-order valence-electron chi connectivity index (χ0n) is 17.8. The quantitative estimate of drug-likeness (QED) is 0.578. The van der Waals surface area contributed by atoms with E-state index in [4.69, 9.17) is 23.8 Å². The van der Waals surface area contributed by atoms with E-state index in [1.54, 1.807) is 12.1 Å². The second-order valence-corrected chi connectivity index (χ2v) is 9.90. The number of hydrogen-bond donors (Lipinski definition) is 0. The molecule has 0 unspecified atom stereocenters. The van der Waals surface area contributed by atoms with Gasteiger partial charge in [-0.05, 0) is 60.2 Å². The van der Waals surface area contributed by atoms with Crippen LogP contribution in [-0.4, -0.2) is 65.5 Å². The SMILES string of the molecule is Fc1ccc([C@@H]2C[C@@H](N3CCN(CCN4CCCC4=S)CC3)c3cc(Cl)ccc32)cc1. The lowest BCUT2D eigenvalue weighted by Gasteiger charge is -2.39. The van der Waals surface area contributed by atoms with E-state index < -0.39 is 0 Å². The molecule has 164 valence electrons. The number of piperazine rings is 1. The summed E-state index contributed by atoms with van der Waals surface area (Å²) < 4.78 is 13.5. The Hall–Kier alpha value is -1.53. The van der Waals surface area contributed by atoms with Crippen LogP contribution < -0.4 is 0 Å². The van der Waals surface area contributed by atoms with E-state index >= 15 is 0 Å². The third kappa shape index (κ3) is 4.51. The van der Waals surface area contributed by atoms with Gasteiger partial charge in [-0.1, -0.05) is 42.0 Å². The molecular formula is C25H29ClFN3S. The van der Waals surface area contributed by atoms with Crippen LogP contribution in [0.15, 0.2) is 42.5 Å². The number of hydrogen-bond acceptors (Lipinski definition) is 3. The van der Waals surface area contributed by atoms with E-state index in [1.807, 2.05) is 18.2 Å². The smallest absolute Gasteiger partial charge is 0.123 e. The Labute approximate surface area is 194 Å². The Morgan fingerprint density at radius 1 is 0.935 bits per heavy atom. The fourth-order valence-electron chi connectivity index (χ4n) is 5.49. The first-order chi connectivity index (χ1) is 15.1. The second-order valence-electron chi connectivity index (χ2n) is 8.99. The lowest BCUT2D eigenvalue weighted by molar-refractivity contribution is 0.0920. The molecule has 5 rings (SSSR count). The van der Waals surface area contributed by atoms with E-state index in [0.29, 0.717) is 12.0 Å². The van der Waals surface area contributed by atoms with Gasteiger partial charge in [-0.2, -0.15) is 0 Å². The van der Waals surface area contributed by atoms with Gasteiger partial charge < -0.3 is 4.90 Å². The number of rotatable bonds is 5. The largest absolute Gasteiger partial charge is 0.365 e. The van der Waals surface area contributed by atoms with Gasteiger partial charge in [0.1, 0.15) is 5.82 Å². The van der Waals surface area contributed by atoms with Crippen LogP contribution in [0.4, 0.5) is 4.39 Å². The number of likely N-dealkylation sites (tertiary alicyclic amines) is 1. The topological polar surface area (TPSA) is 9.72 Å². The number of nitrogens with zero attached hydrogens (tertiary/aromatic N) is 3. The highest BCUT2D eigenvalue weighted by Gasteiger charge is 2.36. The van der Waals surface area contributed by atoms with E-state index in [-0.39, 0.29) is 5.82 Å². The normalized spacial score (nSPS) is 24.7. The molecule has 2 heterocycles. The molecule has 0 spiro atoms. The van der Waals surface area contributed by atoms with Crippen LogP contribution in [0.25, 0.3) is 0 Å². The number of benzene rings is 2. The molecule has 0 saturated carbocycles. The zero-order valence-corrected chi connectivity index (χ0v) is 19.3. The predicted molar refractivity (Wildman–Crippen MR) is 128 cm³/mol. The Bertz CT molecular complexity index is 942. The van der Waals surface area contributed by atoms with Crippen LogP contribution in [0.2, 0.25) is 5.02 Å². The molecule has 1 aliphatic carbocycles. The van der Waals surface area contributed by atoms with Gasteiger partial charge in [-0.3, -0.25) is 9.80 Å². The van der Waals surface area contributed by atoms with Crippen molar-refractivity contribution >= 4 is 28.8 Å². The van der Waals surface area contributed by atoms with Gasteiger partial charge in [0.25, 0.3) is 0 Å². The first-order valence-electron chi connectivity index (χ1n) is 11.4. The van der Waals surface area contributed by atoms with Crippen LogP contribution in [0.1, 0.15) is 47.9 Å². The summed E-state index contributed by atoms with van der Waals surface area (Å²) in [5, 5.41) is 0.795. The molecular weight excluding hydrogens is 429 g/mol. The second kappa shape index (κ2) is 9.14. The molecule has 0 bridgehead atoms. The number of halogens is 2. The molecule has 2 aromatic carbocycles. The third-order valence-electron chi connectivity index (χ3n) is 7.22. The molecule has 2 fully saturated rings. The standard InChI is InChI=1S/C25H29ClFN3S/c26-19-5-8-21-22(18-3-6-20(27)7-4-18)17-24(23(21)16-19)29-13-10-28(11-14-29)12-15-30-9-1-2-25(30)31/h3-8,16,22,24H,1-2,9-15,17H2/t22-,24+/m0/s1. The van der Waals surface area contributed by atoms with Crippen LogP contribution in [0.5, 0.6) is 0 Å². The molecule has 2 saturated heterocycles. The van der Waals surface area contributed by atoms with Crippen molar-refractivity contribution in [2.75, 3.05) is 45.8 Å². The molecule has 2 aliphatic heterocycles. The summed E-state index contributed by atoms with van der Waals surface area (Å²) >= 11 is 11.9. The van der Waals surface area contributed by atoms with Gasteiger partial charge in [-0.15, -0.1) is 0 Å². The van der Waals surface area contributed by atoms with E-state index in [0.717, 1.165) is 68.7 Å². The summed E-state index contributed by atoms with van der Waals surface area (Å²) in [4.78, 5) is 8.72. The van der Waals surface area contributed by atoms with Gasteiger partial charge in [0.05, 0.1) is 4.99 Å². The monoisotopic (exact) mass is 457 g/mol. The lowest BCUT2D eigenvalue weighted by Crippen LogP contribution is -2.49. The zero-order chi connectivity index (χ0) is 21.4. The number of thiocarbonyl (C=S) groups is 1. The van der Waals surface area contributed by atoms with Crippen molar-refractivity contribution in [3.8, 4) is 0 Å². The van der Waals surface area contributed by atoms with Crippen molar-refractivity contribution in [3.63, 3.8) is 0 Å². The minimum absolute atomic E-state index is 0.180. The van der Waals surface area contributed by atoms with Crippen molar-refractivity contribution in [1.82, 2.24) is 14.7 Å². The van der Waals surface area contributed by atoms with Crippen molar-refractivity contribution < 1.29 is 4.39 Å². The van der Waals surface area contributed by atoms with Gasteiger partial charge >= 0.3 is 0 Å². The molecule has 31 heavy (non-hydrogen) atoms. The summed E-state index contributed by atoms with van der Waals surface area (Å²) in [7, 11) is 0. The minimum atomic E-state index is -0.180. The average Bonchev–Trinajstić information content (AvgIpc) is 3.36. The van der Waals surface area contributed by atoms with Crippen molar-refractivity contribution in [3.05, 3.63) is 70.0 Å². The lowest BCUT2D eigenvalue weighted by atomic mass is 9.93. The minimum Gasteiger partial charge on any atom is -0.365 e. The Balaban J connectivity index is 1.26. The van der Waals surface area contributed by atoms with Gasteiger partial charge in [-0.25, -0.2) is 4.39 Å². The van der Waals surface area contributed by atoms with Gasteiger partial charge in [0.15, 0.2) is 0 Å². The van der Waals surface area contributed by atoms with Crippen LogP contribution in [0, 0.1) is 5.82 Å². The third-order valence-corrected chi connectivity index (χ3v) is 7.92. The first-order valence-corrected chi connectivity index (χ1v) is 12.2. The molecule has 2 atom stereocenters. The summed E-state index contributed by atoms with van der Waals surface area (Å²) in [6, 6.07) is 13.7. The first kappa shape index (κ1) is 21.3. The maximum absolute atomic E-state index is 13.5. The molecule has 0 N–H and O–H groups in total. The van der Waals surface area contributed by atoms with Crippen LogP contribution >= 0.6 is 23.8 Å². The van der Waals surface area contributed by atoms with Crippen LogP contribution in [0.3, 0.4) is 0 Å². The van der Waals surface area contributed by atoms with Crippen molar-refractivity contribution in [2.45, 2.75) is 31.2 Å². The van der Waals surface area contributed by atoms with Crippen LogP contribution in [-0.2, 0) is 0 Å². The Morgan fingerprint density at radius 2 is 1.71 bits per heavy atom. The summed E-state index contributed by atoms with van der Waals surface area (Å²) in [5.74, 6) is 0.118. The molecule has 2 aromatic rings. The van der Waals surface area contributed by atoms with Gasteiger partial charge in [0.2, 0.25) is 0 Å². The predicted octanol–water partition coefficient (Wildman–Crippen LogP) is 5.10. The highest BCUT2D eigenvalue weighted by atomic mass is 35.5. The van der Waals surface area contributed by atoms with Crippen molar-refractivity contribution in [1.29, 1.82) is 0 Å². The number of fused-ring (bicyclic) bond motifs is 1.